The van der Waals surface area contributed by atoms with Crippen LogP contribution in [-0.2, 0) is 19.2 Å². The first-order chi connectivity index (χ1) is 25.6. The molecule has 8 rings (SSSR count). The number of allylic oxidation sites excluding steroid dienone is 2. The highest BCUT2D eigenvalue weighted by atomic mass is 19.1. The number of anilines is 2. The third-order valence-corrected chi connectivity index (χ3v) is 11.6. The van der Waals surface area contributed by atoms with E-state index >= 15 is 0 Å². The van der Waals surface area contributed by atoms with Crippen molar-refractivity contribution in [3.05, 3.63) is 125 Å². The van der Waals surface area contributed by atoms with Crippen molar-refractivity contribution in [2.45, 2.75) is 25.7 Å². The minimum Gasteiger partial charge on any atom is -0.505 e. The number of hydrogen-bond donors (Lipinski definition) is 1. The number of phenolic OH excluding ortho intramolecular Hbond substituents is 1. The van der Waals surface area contributed by atoms with Gasteiger partial charge in [0.05, 0.1) is 48.8 Å². The van der Waals surface area contributed by atoms with E-state index in [1.165, 1.54) is 21.9 Å². The van der Waals surface area contributed by atoms with Gasteiger partial charge in [0, 0.05) is 11.5 Å². The molecule has 4 aromatic carbocycles. The van der Waals surface area contributed by atoms with Gasteiger partial charge in [-0.2, -0.15) is 0 Å². The van der Waals surface area contributed by atoms with Crippen molar-refractivity contribution < 1.29 is 38.1 Å². The largest absolute Gasteiger partial charge is 0.505 e. The summed E-state index contributed by atoms with van der Waals surface area (Å²) in [6.45, 7) is 1.74. The molecule has 0 unspecified atom stereocenters. The number of carbonyl (C=O) groups is 4. The number of benzene rings is 4. The number of fused-ring (bicyclic) bond motifs is 4. The lowest BCUT2D eigenvalue weighted by molar-refractivity contribution is -0.131. The molecule has 0 bridgehead atoms. The van der Waals surface area contributed by atoms with Crippen LogP contribution in [0.1, 0.15) is 42.4 Å². The number of carbonyl (C=O) groups excluding carboxylic acids is 4. The fraction of sp³-hybridized carbons (Fsp3) is 0.256. The van der Waals surface area contributed by atoms with Gasteiger partial charge in [-0.1, -0.05) is 60.2 Å². The van der Waals surface area contributed by atoms with Crippen LogP contribution in [0.4, 0.5) is 15.8 Å². The monoisotopic (exact) mass is 712 g/mol. The zero-order valence-corrected chi connectivity index (χ0v) is 29.4. The molecule has 10 heteroatoms. The van der Waals surface area contributed by atoms with Gasteiger partial charge in [0.15, 0.2) is 11.6 Å². The van der Waals surface area contributed by atoms with Gasteiger partial charge >= 0.3 is 0 Å². The van der Waals surface area contributed by atoms with E-state index in [9.17, 15) is 28.7 Å². The molecule has 1 N–H and O–H groups in total. The van der Waals surface area contributed by atoms with Crippen LogP contribution < -0.4 is 19.3 Å². The fourth-order valence-electron chi connectivity index (χ4n) is 9.07. The van der Waals surface area contributed by atoms with Gasteiger partial charge in [0.1, 0.15) is 11.5 Å². The highest BCUT2D eigenvalue weighted by Gasteiger charge is 2.67. The van der Waals surface area contributed by atoms with Gasteiger partial charge in [-0.15, -0.1) is 0 Å². The number of hydrogen-bond acceptors (Lipinski definition) is 7. The number of methoxy groups -OCH3 is 2. The Balaban J connectivity index is 1.13. The quantitative estimate of drug-likeness (QED) is 0.123. The number of amides is 4. The number of nitrogens with zero attached hydrogens (tertiary/aromatic N) is 2. The number of imide groups is 2. The Bertz CT molecular complexity index is 2230. The summed E-state index contributed by atoms with van der Waals surface area (Å²) < 4.78 is 25.8. The predicted octanol–water partition coefficient (Wildman–Crippen LogP) is 7.15. The van der Waals surface area contributed by atoms with Crippen LogP contribution in [0.25, 0.3) is 12.2 Å². The number of rotatable bonds is 7. The standard InChI is InChI=1S/C43H37FN2O7/c1-43-33(40(49)46(42(43)51)27-7-5-4-6-8-27)23-32-30(38(43)26-13-19-35(47)34(44)22-26)17-18-31-37(32)41(50)45(39(31)48)28-14-10-24(11-15-28)9-12-25-21-29(52-2)16-20-36(25)53-3/h4-17,19-22,31-33,37-38,47H,18,23H2,1-3H3/t31-,32+,33-,37-,38-,43+/m0/s1. The molecular formula is C43H37FN2O7. The van der Waals surface area contributed by atoms with E-state index in [-0.39, 0.29) is 24.7 Å². The molecule has 2 aliphatic carbocycles. The molecule has 2 saturated heterocycles. The third kappa shape index (κ3) is 5.26. The molecule has 4 amide bonds. The Hall–Kier alpha value is -6.03. The second-order valence-corrected chi connectivity index (χ2v) is 14.3. The molecular weight excluding hydrogens is 675 g/mol. The maximum absolute atomic E-state index is 15.0. The molecule has 53 heavy (non-hydrogen) atoms. The van der Waals surface area contributed by atoms with Gasteiger partial charge in [-0.25, -0.2) is 9.29 Å². The molecule has 9 nitrogen and oxygen atoms in total. The summed E-state index contributed by atoms with van der Waals surface area (Å²) in [6.07, 6.45) is 6.14. The van der Waals surface area contributed by atoms with Crippen molar-refractivity contribution in [1.29, 1.82) is 0 Å². The van der Waals surface area contributed by atoms with Gasteiger partial charge in [0.25, 0.3) is 0 Å². The van der Waals surface area contributed by atoms with Crippen LogP contribution in [0.2, 0.25) is 0 Å². The Kier molecular flexibility index (Phi) is 8.28. The maximum atomic E-state index is 15.0. The number of phenols is 1. The normalized spacial score (nSPS) is 26.4. The lowest BCUT2D eigenvalue weighted by Crippen LogP contribution is -2.48. The molecule has 4 aromatic rings. The lowest BCUT2D eigenvalue weighted by Gasteiger charge is -2.49. The number of para-hydroxylation sites is 1. The highest BCUT2D eigenvalue weighted by molar-refractivity contribution is 6.25. The van der Waals surface area contributed by atoms with Gasteiger partial charge < -0.3 is 14.6 Å². The summed E-state index contributed by atoms with van der Waals surface area (Å²) in [6, 6.07) is 25.3. The van der Waals surface area contributed by atoms with Gasteiger partial charge in [-0.3, -0.25) is 24.1 Å². The maximum Gasteiger partial charge on any atom is 0.241 e. The summed E-state index contributed by atoms with van der Waals surface area (Å²) in [5.41, 5.74) is 2.37. The molecule has 0 aromatic heterocycles. The van der Waals surface area contributed by atoms with Crippen molar-refractivity contribution in [3.63, 3.8) is 0 Å². The second kappa shape index (κ2) is 12.9. The van der Waals surface area contributed by atoms with Crippen LogP contribution in [0.3, 0.4) is 0 Å². The van der Waals surface area contributed by atoms with Crippen molar-refractivity contribution in [1.82, 2.24) is 0 Å². The number of halogens is 1. The van der Waals surface area contributed by atoms with E-state index in [4.69, 9.17) is 9.47 Å². The van der Waals surface area contributed by atoms with E-state index in [1.54, 1.807) is 69.7 Å². The molecule has 2 heterocycles. The summed E-state index contributed by atoms with van der Waals surface area (Å²) >= 11 is 0. The number of ether oxygens (including phenoxy) is 2. The van der Waals surface area contributed by atoms with Crippen molar-refractivity contribution in [2.24, 2.45) is 29.1 Å². The third-order valence-electron chi connectivity index (χ3n) is 11.6. The Morgan fingerprint density at radius 2 is 1.53 bits per heavy atom. The van der Waals surface area contributed by atoms with Crippen LogP contribution in [-0.4, -0.2) is 43.0 Å². The fourth-order valence-corrected chi connectivity index (χ4v) is 9.07. The second-order valence-electron chi connectivity index (χ2n) is 14.3. The van der Waals surface area contributed by atoms with E-state index in [0.29, 0.717) is 28.4 Å². The number of aromatic hydroxyl groups is 1. The summed E-state index contributed by atoms with van der Waals surface area (Å²) in [4.78, 5) is 59.7. The first kappa shape index (κ1) is 34.1. The van der Waals surface area contributed by atoms with E-state index in [2.05, 4.69) is 0 Å². The molecule has 0 spiro atoms. The molecule has 2 aliphatic heterocycles. The summed E-state index contributed by atoms with van der Waals surface area (Å²) in [5.74, 6) is -5.11. The topological polar surface area (TPSA) is 113 Å². The van der Waals surface area contributed by atoms with Crippen molar-refractivity contribution in [2.75, 3.05) is 24.0 Å². The zero-order valence-electron chi connectivity index (χ0n) is 29.4. The SMILES string of the molecule is COc1ccc(OC)c(C=Cc2ccc(N3C(=O)[C@H]4[C@H](CC=C5[C@H]4C[C@H]4C(=O)N(c6ccccc6)C(=O)[C@@]4(C)[C@H]5c4ccc(O)c(F)c4)C3=O)cc2)c1. The zero-order chi connectivity index (χ0) is 37.2. The molecule has 1 saturated carbocycles. The molecule has 3 fully saturated rings. The van der Waals surface area contributed by atoms with Gasteiger partial charge in [0.2, 0.25) is 23.6 Å². The summed E-state index contributed by atoms with van der Waals surface area (Å²) in [7, 11) is 3.19. The Morgan fingerprint density at radius 1 is 0.792 bits per heavy atom. The highest BCUT2D eigenvalue weighted by Crippen LogP contribution is 2.63. The smallest absolute Gasteiger partial charge is 0.241 e. The average Bonchev–Trinajstić information content (AvgIpc) is 3.54. The molecule has 4 aliphatic rings. The van der Waals surface area contributed by atoms with Crippen LogP contribution >= 0.6 is 0 Å². The molecule has 6 atom stereocenters. The predicted molar refractivity (Wildman–Crippen MR) is 197 cm³/mol. The minimum atomic E-state index is -1.31. The van der Waals surface area contributed by atoms with Crippen LogP contribution in [0.5, 0.6) is 17.2 Å². The minimum absolute atomic E-state index is 0.179. The van der Waals surface area contributed by atoms with Crippen molar-refractivity contribution >= 4 is 47.2 Å². The lowest BCUT2D eigenvalue weighted by atomic mass is 9.51. The van der Waals surface area contributed by atoms with E-state index in [0.717, 1.165) is 16.7 Å². The Morgan fingerprint density at radius 3 is 2.23 bits per heavy atom. The first-order valence-electron chi connectivity index (χ1n) is 17.6. The van der Waals surface area contributed by atoms with Crippen LogP contribution in [0, 0.1) is 34.9 Å². The van der Waals surface area contributed by atoms with Crippen molar-refractivity contribution in [3.8, 4) is 17.2 Å². The molecule has 0 radical (unpaired) electrons. The molecule has 268 valence electrons. The van der Waals surface area contributed by atoms with Gasteiger partial charge in [-0.05, 0) is 91.4 Å². The summed E-state index contributed by atoms with van der Waals surface area (Å²) in [5, 5.41) is 10.1. The Labute approximate surface area is 305 Å². The van der Waals surface area contributed by atoms with E-state index in [1.807, 2.05) is 48.6 Å². The van der Waals surface area contributed by atoms with E-state index < -0.39 is 58.4 Å². The average molecular weight is 713 g/mol. The van der Waals surface area contributed by atoms with Crippen LogP contribution in [0.15, 0.2) is 103 Å². The first-order valence-corrected chi connectivity index (χ1v) is 17.6.